The highest BCUT2D eigenvalue weighted by atomic mass is 15.3. The summed E-state index contributed by atoms with van der Waals surface area (Å²) in [6.07, 6.45) is 3.01. The van der Waals surface area contributed by atoms with Crippen LogP contribution in [-0.2, 0) is 13.1 Å². The number of rotatable bonds is 4. The number of hydrogen-bond acceptors (Lipinski definition) is 4. The molecule has 2 rings (SSSR count). The quantitative estimate of drug-likeness (QED) is 0.871. The van der Waals surface area contributed by atoms with Crippen molar-refractivity contribution in [2.45, 2.75) is 52.4 Å². The van der Waals surface area contributed by atoms with Gasteiger partial charge in [0, 0.05) is 25.2 Å². The molecular formula is C13H25N5. The lowest BCUT2D eigenvalue weighted by atomic mass is 9.90. The first-order valence-electron chi connectivity index (χ1n) is 6.92. The molecule has 0 aromatic carbocycles. The summed E-state index contributed by atoms with van der Waals surface area (Å²) in [5.74, 6) is 1.72. The molecule has 1 aromatic heterocycles. The van der Waals surface area contributed by atoms with Crippen molar-refractivity contribution in [3.63, 3.8) is 0 Å². The summed E-state index contributed by atoms with van der Waals surface area (Å²) in [5, 5.41) is 11.8. The van der Waals surface area contributed by atoms with Crippen LogP contribution in [0.5, 0.6) is 0 Å². The fourth-order valence-electron chi connectivity index (χ4n) is 2.73. The molecule has 0 radical (unpaired) electrons. The van der Waals surface area contributed by atoms with E-state index in [2.05, 4.69) is 52.8 Å². The molecule has 0 saturated carbocycles. The molecule has 102 valence electrons. The maximum atomic E-state index is 4.17. The van der Waals surface area contributed by atoms with Crippen LogP contribution in [0.2, 0.25) is 0 Å². The summed E-state index contributed by atoms with van der Waals surface area (Å²) in [5.41, 5.74) is 0. The number of aryl methyl sites for hydroxylation is 1. The minimum absolute atomic E-state index is 0.582. The second-order valence-corrected chi connectivity index (χ2v) is 5.52. The highest BCUT2D eigenvalue weighted by molar-refractivity contribution is 4.90. The number of piperidine rings is 1. The first kappa shape index (κ1) is 13.5. The van der Waals surface area contributed by atoms with Crippen LogP contribution in [0.4, 0.5) is 0 Å². The molecule has 0 amide bonds. The predicted molar refractivity (Wildman–Crippen MR) is 72.2 cm³/mol. The highest BCUT2D eigenvalue weighted by Gasteiger charge is 2.28. The standard InChI is InChI=1S/C13H25N5/c1-5-18-9-15-16-13(18)7-14-12-6-11(3)17(4)8-10(12)2/h9-12,14H,5-8H2,1-4H3. The lowest BCUT2D eigenvalue weighted by Gasteiger charge is -2.40. The average Bonchev–Trinajstić information content (AvgIpc) is 2.79. The Morgan fingerprint density at radius 1 is 1.44 bits per heavy atom. The van der Waals surface area contributed by atoms with Crippen molar-refractivity contribution in [3.8, 4) is 0 Å². The maximum absolute atomic E-state index is 4.17. The lowest BCUT2D eigenvalue weighted by Crippen LogP contribution is -2.50. The second kappa shape index (κ2) is 5.80. The van der Waals surface area contributed by atoms with E-state index in [1.54, 1.807) is 6.33 Å². The van der Waals surface area contributed by atoms with Crippen molar-refractivity contribution in [1.82, 2.24) is 25.0 Å². The molecule has 1 aromatic rings. The van der Waals surface area contributed by atoms with Gasteiger partial charge in [-0.2, -0.15) is 0 Å². The summed E-state index contributed by atoms with van der Waals surface area (Å²) in [6.45, 7) is 9.66. The predicted octanol–water partition coefficient (Wildman–Crippen LogP) is 1.12. The molecule has 1 N–H and O–H groups in total. The smallest absolute Gasteiger partial charge is 0.146 e. The largest absolute Gasteiger partial charge is 0.317 e. The van der Waals surface area contributed by atoms with Crippen LogP contribution in [0.1, 0.15) is 33.0 Å². The molecule has 1 fully saturated rings. The third-order valence-corrected chi connectivity index (χ3v) is 4.17. The SMILES string of the molecule is CCn1cnnc1CNC1CC(C)N(C)CC1C. The van der Waals surface area contributed by atoms with Crippen LogP contribution in [0.3, 0.4) is 0 Å². The van der Waals surface area contributed by atoms with Crippen molar-refractivity contribution < 1.29 is 0 Å². The Labute approximate surface area is 110 Å². The third-order valence-electron chi connectivity index (χ3n) is 4.17. The molecule has 1 saturated heterocycles. The zero-order chi connectivity index (χ0) is 13.1. The van der Waals surface area contributed by atoms with Crippen LogP contribution < -0.4 is 5.32 Å². The number of hydrogen-bond donors (Lipinski definition) is 1. The average molecular weight is 251 g/mol. The van der Waals surface area contributed by atoms with E-state index in [1.807, 2.05) is 0 Å². The zero-order valence-corrected chi connectivity index (χ0v) is 11.9. The van der Waals surface area contributed by atoms with E-state index >= 15 is 0 Å². The number of nitrogens with zero attached hydrogens (tertiary/aromatic N) is 4. The van der Waals surface area contributed by atoms with Gasteiger partial charge in [0.05, 0.1) is 6.54 Å². The summed E-state index contributed by atoms with van der Waals surface area (Å²) in [6, 6.07) is 1.24. The van der Waals surface area contributed by atoms with Crippen molar-refractivity contribution in [2.75, 3.05) is 13.6 Å². The first-order chi connectivity index (χ1) is 8.61. The van der Waals surface area contributed by atoms with Gasteiger partial charge < -0.3 is 14.8 Å². The van der Waals surface area contributed by atoms with Crippen LogP contribution in [-0.4, -0.2) is 45.3 Å². The molecule has 0 spiro atoms. The Morgan fingerprint density at radius 2 is 2.22 bits per heavy atom. The molecule has 3 unspecified atom stereocenters. The van der Waals surface area contributed by atoms with Crippen molar-refractivity contribution in [3.05, 3.63) is 12.2 Å². The fraction of sp³-hybridized carbons (Fsp3) is 0.846. The molecule has 0 bridgehead atoms. The summed E-state index contributed by atoms with van der Waals surface area (Å²) < 4.78 is 2.09. The van der Waals surface area contributed by atoms with Gasteiger partial charge in [-0.1, -0.05) is 6.92 Å². The van der Waals surface area contributed by atoms with Crippen molar-refractivity contribution in [2.24, 2.45) is 5.92 Å². The topological polar surface area (TPSA) is 46.0 Å². The number of nitrogens with one attached hydrogen (secondary N) is 1. The van der Waals surface area contributed by atoms with E-state index in [-0.39, 0.29) is 0 Å². The third kappa shape index (κ3) is 2.90. The molecule has 1 aliphatic rings. The second-order valence-electron chi connectivity index (χ2n) is 5.52. The molecule has 2 heterocycles. The monoisotopic (exact) mass is 251 g/mol. The Balaban J connectivity index is 1.90. The molecule has 3 atom stereocenters. The van der Waals surface area contributed by atoms with E-state index in [9.17, 15) is 0 Å². The Hall–Kier alpha value is -0.940. The summed E-state index contributed by atoms with van der Waals surface area (Å²) in [4.78, 5) is 2.44. The van der Waals surface area contributed by atoms with Crippen LogP contribution >= 0.6 is 0 Å². The van der Waals surface area contributed by atoms with Crippen LogP contribution in [0.15, 0.2) is 6.33 Å². The lowest BCUT2D eigenvalue weighted by molar-refractivity contribution is 0.120. The van der Waals surface area contributed by atoms with Crippen molar-refractivity contribution >= 4 is 0 Å². The minimum Gasteiger partial charge on any atom is -0.317 e. The minimum atomic E-state index is 0.582. The number of likely N-dealkylation sites (tertiary alicyclic amines) is 1. The van der Waals surface area contributed by atoms with E-state index in [1.165, 1.54) is 13.0 Å². The first-order valence-corrected chi connectivity index (χ1v) is 6.92. The van der Waals surface area contributed by atoms with Gasteiger partial charge in [-0.15, -0.1) is 10.2 Å². The molecule has 1 aliphatic heterocycles. The molecule has 0 aliphatic carbocycles. The van der Waals surface area contributed by atoms with Gasteiger partial charge in [-0.25, -0.2) is 0 Å². The summed E-state index contributed by atoms with van der Waals surface area (Å²) >= 11 is 0. The van der Waals surface area contributed by atoms with E-state index < -0.39 is 0 Å². The Bertz CT molecular complexity index is 375. The van der Waals surface area contributed by atoms with Gasteiger partial charge >= 0.3 is 0 Å². The van der Waals surface area contributed by atoms with Gasteiger partial charge in [-0.3, -0.25) is 0 Å². The van der Waals surface area contributed by atoms with E-state index in [0.717, 1.165) is 18.9 Å². The molecule has 18 heavy (non-hydrogen) atoms. The van der Waals surface area contributed by atoms with Crippen LogP contribution in [0, 0.1) is 5.92 Å². The Kier molecular flexibility index (Phi) is 4.35. The molecule has 5 nitrogen and oxygen atoms in total. The van der Waals surface area contributed by atoms with Gasteiger partial charge in [0.15, 0.2) is 0 Å². The summed E-state index contributed by atoms with van der Waals surface area (Å²) in [7, 11) is 2.21. The Morgan fingerprint density at radius 3 is 2.94 bits per heavy atom. The van der Waals surface area contributed by atoms with Gasteiger partial charge in [0.2, 0.25) is 0 Å². The zero-order valence-electron chi connectivity index (χ0n) is 11.9. The van der Waals surface area contributed by atoms with E-state index in [0.29, 0.717) is 18.0 Å². The van der Waals surface area contributed by atoms with Crippen molar-refractivity contribution in [1.29, 1.82) is 0 Å². The fourth-order valence-corrected chi connectivity index (χ4v) is 2.73. The van der Waals surface area contributed by atoms with E-state index in [4.69, 9.17) is 0 Å². The molecular weight excluding hydrogens is 226 g/mol. The highest BCUT2D eigenvalue weighted by Crippen LogP contribution is 2.20. The molecule has 5 heteroatoms. The van der Waals surface area contributed by atoms with Gasteiger partial charge in [0.25, 0.3) is 0 Å². The van der Waals surface area contributed by atoms with Gasteiger partial charge in [-0.05, 0) is 33.2 Å². The maximum Gasteiger partial charge on any atom is 0.146 e. The normalized spacial score (nSPS) is 29.7. The number of aromatic nitrogens is 3. The van der Waals surface area contributed by atoms with Gasteiger partial charge in [0.1, 0.15) is 12.2 Å². The van der Waals surface area contributed by atoms with Crippen LogP contribution in [0.25, 0.3) is 0 Å².